The van der Waals surface area contributed by atoms with Crippen LogP contribution in [0.3, 0.4) is 0 Å². The second-order valence-corrected chi connectivity index (χ2v) is 9.13. The highest BCUT2D eigenvalue weighted by Crippen LogP contribution is 2.20. The summed E-state index contributed by atoms with van der Waals surface area (Å²) in [4.78, 5) is 14.8. The van der Waals surface area contributed by atoms with Crippen molar-refractivity contribution in [3.8, 4) is 0 Å². The molecule has 0 unspecified atom stereocenters. The molecule has 134 valence electrons. The average molecular weight is 353 g/mol. The number of carbonyl (C=O) groups excluding carboxylic acids is 1. The van der Waals surface area contributed by atoms with Gasteiger partial charge >= 0.3 is 0 Å². The molecule has 1 aromatic carbocycles. The number of carbonyl (C=O) groups is 1. The fourth-order valence-corrected chi connectivity index (χ4v) is 4.07. The topological polar surface area (TPSA) is 66.5 Å². The first-order valence-electron chi connectivity index (χ1n) is 8.56. The van der Waals surface area contributed by atoms with E-state index in [0.717, 1.165) is 44.1 Å². The van der Waals surface area contributed by atoms with Crippen molar-refractivity contribution in [3.05, 3.63) is 29.8 Å². The van der Waals surface area contributed by atoms with Gasteiger partial charge in [-0.15, -0.1) is 0 Å². The first-order valence-corrected chi connectivity index (χ1v) is 10.5. The monoisotopic (exact) mass is 352 g/mol. The minimum absolute atomic E-state index is 0.157. The number of amides is 1. The molecule has 0 aromatic heterocycles. The average Bonchev–Trinajstić information content (AvgIpc) is 2.50. The number of nitrogens with one attached hydrogen (secondary N) is 1. The molecule has 0 radical (unpaired) electrons. The van der Waals surface area contributed by atoms with Gasteiger partial charge in [0.1, 0.15) is 0 Å². The summed E-state index contributed by atoms with van der Waals surface area (Å²) in [5, 5.41) is 2.90. The number of piperidine rings is 1. The Balaban J connectivity index is 1.75. The van der Waals surface area contributed by atoms with Crippen LogP contribution in [0.15, 0.2) is 29.2 Å². The molecule has 5 nitrogen and oxygen atoms in total. The lowest BCUT2D eigenvalue weighted by Crippen LogP contribution is -2.40. The molecule has 0 spiro atoms. The van der Waals surface area contributed by atoms with Crippen molar-refractivity contribution in [2.24, 2.45) is 11.8 Å². The third kappa shape index (κ3) is 5.60. The molecule has 0 saturated carbocycles. The zero-order chi connectivity index (χ0) is 17.7. The molecule has 1 aliphatic heterocycles. The normalized spacial score (nSPS) is 22.3. The van der Waals surface area contributed by atoms with E-state index in [1.165, 1.54) is 18.6 Å². The number of nitrogens with zero attached hydrogens (tertiary/aromatic N) is 1. The maximum absolute atomic E-state index is 12.1. The van der Waals surface area contributed by atoms with Gasteiger partial charge in [0.05, 0.1) is 4.90 Å². The summed E-state index contributed by atoms with van der Waals surface area (Å²) < 4.78 is 22.8. The minimum atomic E-state index is -3.22. The standard InChI is InChI=1S/C18H28N2O3S/c1-14-11-15(2)13-20(12-14)10-4-9-19-18(21)16-5-7-17(8-6-16)24(3,22)23/h5-8,14-15H,4,9-13H2,1-3H3,(H,19,21)/t14-,15-/m1/s1. The molecule has 1 amide bonds. The molecule has 0 bridgehead atoms. The molecule has 2 rings (SSSR count). The Morgan fingerprint density at radius 3 is 2.29 bits per heavy atom. The van der Waals surface area contributed by atoms with Gasteiger partial charge in [-0.05, 0) is 55.5 Å². The van der Waals surface area contributed by atoms with Crippen LogP contribution in [0, 0.1) is 11.8 Å². The van der Waals surface area contributed by atoms with Gasteiger partial charge in [-0.3, -0.25) is 4.79 Å². The molecule has 1 aromatic rings. The van der Waals surface area contributed by atoms with Crippen LogP contribution in [-0.2, 0) is 9.84 Å². The van der Waals surface area contributed by atoms with Gasteiger partial charge in [-0.2, -0.15) is 0 Å². The molecule has 1 fully saturated rings. The van der Waals surface area contributed by atoms with Gasteiger partial charge in [0.2, 0.25) is 0 Å². The van der Waals surface area contributed by atoms with Crippen LogP contribution in [0.5, 0.6) is 0 Å². The summed E-state index contributed by atoms with van der Waals surface area (Å²) in [6.07, 6.45) is 3.38. The lowest BCUT2D eigenvalue weighted by atomic mass is 9.92. The van der Waals surface area contributed by atoms with Crippen molar-refractivity contribution >= 4 is 15.7 Å². The van der Waals surface area contributed by atoms with E-state index in [4.69, 9.17) is 0 Å². The Labute approximate surface area is 145 Å². The van der Waals surface area contributed by atoms with E-state index in [1.807, 2.05) is 0 Å². The summed E-state index contributed by atoms with van der Waals surface area (Å²) in [6, 6.07) is 6.06. The summed E-state index contributed by atoms with van der Waals surface area (Å²) in [5.41, 5.74) is 0.489. The van der Waals surface area contributed by atoms with Crippen LogP contribution in [0.4, 0.5) is 0 Å². The van der Waals surface area contributed by atoms with Gasteiger partial charge in [0.15, 0.2) is 9.84 Å². The van der Waals surface area contributed by atoms with Gasteiger partial charge < -0.3 is 10.2 Å². The summed E-state index contributed by atoms with van der Waals surface area (Å²) in [5.74, 6) is 1.34. The number of hydrogen-bond donors (Lipinski definition) is 1. The zero-order valence-electron chi connectivity index (χ0n) is 14.8. The first kappa shape index (κ1) is 18.9. The molecular weight excluding hydrogens is 324 g/mol. The molecule has 1 saturated heterocycles. The SMILES string of the molecule is C[C@@H]1C[C@@H](C)CN(CCCNC(=O)c2ccc(S(C)(=O)=O)cc2)C1. The van der Waals surface area contributed by atoms with Crippen molar-refractivity contribution in [3.63, 3.8) is 0 Å². The third-order valence-corrected chi connectivity index (χ3v) is 5.55. The highest BCUT2D eigenvalue weighted by atomic mass is 32.2. The molecule has 24 heavy (non-hydrogen) atoms. The molecule has 2 atom stereocenters. The summed E-state index contributed by atoms with van der Waals surface area (Å²) in [6.45, 7) is 8.51. The molecule has 6 heteroatoms. The number of benzene rings is 1. The highest BCUT2D eigenvalue weighted by molar-refractivity contribution is 7.90. The Kier molecular flexibility index (Phi) is 6.40. The Morgan fingerprint density at radius 2 is 1.75 bits per heavy atom. The zero-order valence-corrected chi connectivity index (χ0v) is 15.6. The predicted octanol–water partition coefficient (Wildman–Crippen LogP) is 2.19. The fraction of sp³-hybridized carbons (Fsp3) is 0.611. The number of likely N-dealkylation sites (tertiary alicyclic amines) is 1. The van der Waals surface area contributed by atoms with Crippen molar-refractivity contribution in [1.82, 2.24) is 10.2 Å². The van der Waals surface area contributed by atoms with Gasteiger partial charge in [-0.1, -0.05) is 13.8 Å². The van der Waals surface area contributed by atoms with E-state index in [1.54, 1.807) is 12.1 Å². The van der Waals surface area contributed by atoms with Crippen LogP contribution in [0.2, 0.25) is 0 Å². The van der Waals surface area contributed by atoms with Crippen LogP contribution in [0.1, 0.15) is 37.0 Å². The lowest BCUT2D eigenvalue weighted by Gasteiger charge is -2.34. The summed E-state index contributed by atoms with van der Waals surface area (Å²) >= 11 is 0. The molecule has 1 aliphatic rings. The number of sulfone groups is 1. The van der Waals surface area contributed by atoms with Gasteiger partial charge in [0.25, 0.3) is 5.91 Å². The predicted molar refractivity (Wildman–Crippen MR) is 95.9 cm³/mol. The Morgan fingerprint density at radius 1 is 1.17 bits per heavy atom. The molecule has 1 heterocycles. The lowest BCUT2D eigenvalue weighted by molar-refractivity contribution is 0.0947. The second-order valence-electron chi connectivity index (χ2n) is 7.11. The Bertz CT molecular complexity index is 645. The van der Waals surface area contributed by atoms with Gasteiger partial charge in [0, 0.05) is 31.5 Å². The molecular formula is C18H28N2O3S. The maximum atomic E-state index is 12.1. The van der Waals surface area contributed by atoms with Crippen LogP contribution >= 0.6 is 0 Å². The van der Waals surface area contributed by atoms with Crippen LogP contribution in [0.25, 0.3) is 0 Å². The van der Waals surface area contributed by atoms with E-state index >= 15 is 0 Å². The summed E-state index contributed by atoms with van der Waals surface area (Å²) in [7, 11) is -3.22. The van der Waals surface area contributed by atoms with E-state index in [2.05, 4.69) is 24.1 Å². The van der Waals surface area contributed by atoms with Crippen LogP contribution < -0.4 is 5.32 Å². The Hall–Kier alpha value is -1.40. The largest absolute Gasteiger partial charge is 0.352 e. The third-order valence-electron chi connectivity index (χ3n) is 4.43. The smallest absolute Gasteiger partial charge is 0.251 e. The fourth-order valence-electron chi connectivity index (χ4n) is 3.43. The second kappa shape index (κ2) is 8.12. The quantitative estimate of drug-likeness (QED) is 0.797. The van der Waals surface area contributed by atoms with Crippen LogP contribution in [-0.4, -0.2) is 51.7 Å². The van der Waals surface area contributed by atoms with E-state index in [9.17, 15) is 13.2 Å². The van der Waals surface area contributed by atoms with E-state index in [-0.39, 0.29) is 10.8 Å². The number of rotatable bonds is 6. The van der Waals surface area contributed by atoms with Crippen molar-refractivity contribution in [2.75, 3.05) is 32.4 Å². The van der Waals surface area contributed by atoms with Gasteiger partial charge in [-0.25, -0.2) is 8.42 Å². The highest BCUT2D eigenvalue weighted by Gasteiger charge is 2.21. The molecule has 0 aliphatic carbocycles. The maximum Gasteiger partial charge on any atom is 0.251 e. The van der Waals surface area contributed by atoms with Crippen molar-refractivity contribution in [2.45, 2.75) is 31.6 Å². The van der Waals surface area contributed by atoms with Crippen molar-refractivity contribution in [1.29, 1.82) is 0 Å². The number of hydrogen-bond acceptors (Lipinski definition) is 4. The minimum Gasteiger partial charge on any atom is -0.352 e. The van der Waals surface area contributed by atoms with Crippen molar-refractivity contribution < 1.29 is 13.2 Å². The van der Waals surface area contributed by atoms with E-state index in [0.29, 0.717) is 12.1 Å². The van der Waals surface area contributed by atoms with E-state index < -0.39 is 9.84 Å². The first-order chi connectivity index (χ1) is 11.3. The molecule has 1 N–H and O–H groups in total.